The molecule has 2 rings (SSSR count). The summed E-state index contributed by atoms with van der Waals surface area (Å²) in [6.07, 6.45) is 1.36. The Hall–Kier alpha value is -1.88. The molecule has 2 aromatic rings. The van der Waals surface area contributed by atoms with Crippen LogP contribution in [-0.4, -0.2) is 16.1 Å². The predicted molar refractivity (Wildman–Crippen MR) is 68.3 cm³/mol. The van der Waals surface area contributed by atoms with E-state index in [-0.39, 0.29) is 4.88 Å². The minimum Gasteiger partial charge on any atom is -0.477 e. The second kappa shape index (κ2) is 4.55. The van der Waals surface area contributed by atoms with E-state index < -0.39 is 5.97 Å². The summed E-state index contributed by atoms with van der Waals surface area (Å²) >= 11 is 1.13. The number of nitrogens with zero attached hydrogens (tertiary/aromatic N) is 1. The molecular formula is C12H12N2O2S. The lowest BCUT2D eigenvalue weighted by Gasteiger charge is -2.09. The Balaban J connectivity index is 2.28. The fourth-order valence-electron chi connectivity index (χ4n) is 1.55. The summed E-state index contributed by atoms with van der Waals surface area (Å²) in [5.41, 5.74) is 3.20. The van der Waals surface area contributed by atoms with Gasteiger partial charge in [-0.15, -0.1) is 0 Å². The molecule has 1 aromatic heterocycles. The van der Waals surface area contributed by atoms with E-state index in [0.29, 0.717) is 5.13 Å². The van der Waals surface area contributed by atoms with Gasteiger partial charge in [0, 0.05) is 5.69 Å². The van der Waals surface area contributed by atoms with Gasteiger partial charge < -0.3 is 10.4 Å². The van der Waals surface area contributed by atoms with Crippen molar-refractivity contribution in [2.24, 2.45) is 0 Å². The van der Waals surface area contributed by atoms with Gasteiger partial charge in [0.2, 0.25) is 0 Å². The van der Waals surface area contributed by atoms with E-state index in [9.17, 15) is 4.79 Å². The van der Waals surface area contributed by atoms with Crippen molar-refractivity contribution in [3.8, 4) is 0 Å². The zero-order valence-electron chi connectivity index (χ0n) is 9.52. The Morgan fingerprint density at radius 2 is 2.00 bits per heavy atom. The first-order chi connectivity index (χ1) is 8.08. The molecule has 4 nitrogen and oxygen atoms in total. The minimum atomic E-state index is -0.947. The van der Waals surface area contributed by atoms with Crippen LogP contribution in [0.3, 0.4) is 0 Å². The van der Waals surface area contributed by atoms with Gasteiger partial charge in [0.25, 0.3) is 0 Å². The molecule has 0 unspecified atom stereocenters. The Kier molecular flexibility index (Phi) is 3.10. The van der Waals surface area contributed by atoms with Crippen LogP contribution in [0.15, 0.2) is 24.4 Å². The summed E-state index contributed by atoms with van der Waals surface area (Å²) in [7, 11) is 0. The molecule has 17 heavy (non-hydrogen) atoms. The van der Waals surface area contributed by atoms with Crippen LogP contribution in [0, 0.1) is 13.8 Å². The van der Waals surface area contributed by atoms with E-state index in [2.05, 4.69) is 10.3 Å². The van der Waals surface area contributed by atoms with Crippen LogP contribution in [0.5, 0.6) is 0 Å². The maximum Gasteiger partial charge on any atom is 0.347 e. The topological polar surface area (TPSA) is 62.2 Å². The van der Waals surface area contributed by atoms with Gasteiger partial charge in [-0.25, -0.2) is 9.78 Å². The molecule has 0 bridgehead atoms. The molecule has 0 radical (unpaired) electrons. The molecule has 2 N–H and O–H groups in total. The number of benzene rings is 1. The molecule has 0 saturated carbocycles. The third-order valence-corrected chi connectivity index (χ3v) is 3.33. The first-order valence-corrected chi connectivity index (χ1v) is 5.92. The predicted octanol–water partition coefficient (Wildman–Crippen LogP) is 3.20. The molecule has 0 spiro atoms. The smallest absolute Gasteiger partial charge is 0.347 e. The Labute approximate surface area is 103 Å². The number of para-hydroxylation sites is 1. The number of hydrogen-bond donors (Lipinski definition) is 2. The fourth-order valence-corrected chi connectivity index (χ4v) is 2.21. The van der Waals surface area contributed by atoms with Gasteiger partial charge in [-0.05, 0) is 25.0 Å². The number of carbonyl (C=O) groups is 1. The third kappa shape index (κ3) is 2.45. The maximum atomic E-state index is 10.7. The summed E-state index contributed by atoms with van der Waals surface area (Å²) in [6, 6.07) is 5.99. The largest absolute Gasteiger partial charge is 0.477 e. The fraction of sp³-hybridized carbons (Fsp3) is 0.167. The monoisotopic (exact) mass is 248 g/mol. The lowest BCUT2D eigenvalue weighted by atomic mass is 10.1. The molecule has 0 atom stereocenters. The summed E-state index contributed by atoms with van der Waals surface area (Å²) < 4.78 is 0. The van der Waals surface area contributed by atoms with Crippen molar-refractivity contribution < 1.29 is 9.90 Å². The molecule has 1 heterocycles. The van der Waals surface area contributed by atoms with Gasteiger partial charge in [0.05, 0.1) is 6.20 Å². The van der Waals surface area contributed by atoms with Crippen LogP contribution in [0.2, 0.25) is 0 Å². The number of rotatable bonds is 3. The molecule has 0 aliphatic carbocycles. The highest BCUT2D eigenvalue weighted by Crippen LogP contribution is 2.27. The van der Waals surface area contributed by atoms with E-state index in [0.717, 1.165) is 28.2 Å². The Bertz CT molecular complexity index is 543. The van der Waals surface area contributed by atoms with Gasteiger partial charge in [-0.3, -0.25) is 0 Å². The van der Waals surface area contributed by atoms with Gasteiger partial charge in [-0.1, -0.05) is 29.5 Å². The van der Waals surface area contributed by atoms with Crippen LogP contribution < -0.4 is 5.32 Å². The number of anilines is 2. The zero-order chi connectivity index (χ0) is 12.4. The number of carboxylic acids is 1. The van der Waals surface area contributed by atoms with Crippen molar-refractivity contribution in [3.05, 3.63) is 40.4 Å². The van der Waals surface area contributed by atoms with Crippen molar-refractivity contribution in [3.63, 3.8) is 0 Å². The first kappa shape index (κ1) is 11.6. The van der Waals surface area contributed by atoms with Crippen molar-refractivity contribution in [2.45, 2.75) is 13.8 Å². The van der Waals surface area contributed by atoms with Crippen LogP contribution in [-0.2, 0) is 0 Å². The Morgan fingerprint density at radius 3 is 2.53 bits per heavy atom. The SMILES string of the molecule is Cc1cccc(C)c1Nc1ncc(C(=O)O)s1. The lowest BCUT2D eigenvalue weighted by molar-refractivity contribution is 0.0702. The molecule has 88 valence electrons. The standard InChI is InChI=1S/C12H12N2O2S/c1-7-4-3-5-8(2)10(7)14-12-13-6-9(17-12)11(15)16/h3-6H,1-2H3,(H,13,14)(H,15,16). The molecular weight excluding hydrogens is 236 g/mol. The number of nitrogens with one attached hydrogen (secondary N) is 1. The normalized spacial score (nSPS) is 10.2. The summed E-state index contributed by atoms with van der Waals surface area (Å²) in [4.78, 5) is 15.0. The van der Waals surface area contributed by atoms with E-state index in [1.165, 1.54) is 6.20 Å². The Morgan fingerprint density at radius 1 is 1.35 bits per heavy atom. The molecule has 0 amide bonds. The summed E-state index contributed by atoms with van der Waals surface area (Å²) in [5, 5.41) is 12.6. The van der Waals surface area contributed by atoms with E-state index >= 15 is 0 Å². The van der Waals surface area contributed by atoms with E-state index in [1.807, 2.05) is 32.0 Å². The van der Waals surface area contributed by atoms with Crippen molar-refractivity contribution >= 4 is 28.1 Å². The van der Waals surface area contributed by atoms with Gasteiger partial charge in [-0.2, -0.15) is 0 Å². The lowest BCUT2D eigenvalue weighted by Crippen LogP contribution is -1.94. The highest BCUT2D eigenvalue weighted by molar-refractivity contribution is 7.17. The van der Waals surface area contributed by atoms with E-state index in [1.54, 1.807) is 0 Å². The number of aromatic nitrogens is 1. The van der Waals surface area contributed by atoms with Crippen molar-refractivity contribution in [1.82, 2.24) is 4.98 Å². The van der Waals surface area contributed by atoms with Gasteiger partial charge in [0.1, 0.15) is 4.88 Å². The van der Waals surface area contributed by atoms with Gasteiger partial charge >= 0.3 is 5.97 Å². The van der Waals surface area contributed by atoms with E-state index in [4.69, 9.17) is 5.11 Å². The van der Waals surface area contributed by atoms with Gasteiger partial charge in [0.15, 0.2) is 5.13 Å². The number of aryl methyl sites for hydroxylation is 2. The van der Waals surface area contributed by atoms with Crippen molar-refractivity contribution in [1.29, 1.82) is 0 Å². The van der Waals surface area contributed by atoms with Crippen LogP contribution >= 0.6 is 11.3 Å². The minimum absolute atomic E-state index is 0.235. The molecule has 0 fully saturated rings. The number of hydrogen-bond acceptors (Lipinski definition) is 4. The summed E-state index contributed by atoms with van der Waals surface area (Å²) in [5.74, 6) is -0.947. The molecule has 0 saturated heterocycles. The van der Waals surface area contributed by atoms with Crippen LogP contribution in [0.1, 0.15) is 20.8 Å². The summed E-state index contributed by atoms with van der Waals surface area (Å²) in [6.45, 7) is 4.00. The molecule has 5 heteroatoms. The highest BCUT2D eigenvalue weighted by atomic mass is 32.1. The number of thiazole rings is 1. The molecule has 0 aliphatic rings. The van der Waals surface area contributed by atoms with Crippen LogP contribution in [0.25, 0.3) is 0 Å². The molecule has 0 aliphatic heterocycles. The number of aromatic carboxylic acids is 1. The maximum absolute atomic E-state index is 10.7. The van der Waals surface area contributed by atoms with Crippen LogP contribution in [0.4, 0.5) is 10.8 Å². The third-order valence-electron chi connectivity index (χ3n) is 2.43. The highest BCUT2D eigenvalue weighted by Gasteiger charge is 2.10. The average molecular weight is 248 g/mol. The first-order valence-electron chi connectivity index (χ1n) is 5.10. The molecule has 1 aromatic carbocycles. The second-order valence-electron chi connectivity index (χ2n) is 3.73. The van der Waals surface area contributed by atoms with Crippen molar-refractivity contribution in [2.75, 3.05) is 5.32 Å². The quantitative estimate of drug-likeness (QED) is 0.875. The average Bonchev–Trinajstić information content (AvgIpc) is 2.72. The zero-order valence-corrected chi connectivity index (χ0v) is 10.3. The second-order valence-corrected chi connectivity index (χ2v) is 4.76. The number of carboxylic acid groups (broad SMARTS) is 1.